The number of hydrogen-bond acceptors (Lipinski definition) is 6. The van der Waals surface area contributed by atoms with Gasteiger partial charge < -0.3 is 15.0 Å². The van der Waals surface area contributed by atoms with Gasteiger partial charge in [-0.1, -0.05) is 6.92 Å². The van der Waals surface area contributed by atoms with Crippen molar-refractivity contribution in [1.82, 2.24) is 24.5 Å². The Morgan fingerprint density at radius 1 is 1.45 bits per heavy atom. The molecule has 0 saturated carbocycles. The fraction of sp³-hybridized carbons (Fsp3) is 0.571. The lowest BCUT2D eigenvalue weighted by Gasteiger charge is -2.29. The molecule has 8 heteroatoms. The van der Waals surface area contributed by atoms with Gasteiger partial charge in [-0.2, -0.15) is 14.6 Å². The molecule has 0 spiro atoms. The van der Waals surface area contributed by atoms with Gasteiger partial charge in [-0.3, -0.25) is 4.79 Å². The van der Waals surface area contributed by atoms with Crippen LogP contribution in [0.1, 0.15) is 19.5 Å². The van der Waals surface area contributed by atoms with Crippen LogP contribution in [0.3, 0.4) is 0 Å². The van der Waals surface area contributed by atoms with E-state index in [0.29, 0.717) is 32.1 Å². The van der Waals surface area contributed by atoms with Gasteiger partial charge in [0.2, 0.25) is 5.91 Å². The molecular formula is C14H20N6O2. The molecule has 118 valence electrons. The van der Waals surface area contributed by atoms with Crippen LogP contribution >= 0.6 is 0 Å². The molecule has 22 heavy (non-hydrogen) atoms. The second kappa shape index (κ2) is 6.27. The summed E-state index contributed by atoms with van der Waals surface area (Å²) in [7, 11) is 0. The second-order valence-electron chi connectivity index (χ2n) is 5.26. The van der Waals surface area contributed by atoms with E-state index in [1.165, 1.54) is 6.33 Å². The first kappa shape index (κ1) is 14.7. The number of hydrogen-bond donors (Lipinski definition) is 1. The number of amides is 1. The molecule has 0 radical (unpaired) electrons. The van der Waals surface area contributed by atoms with Crippen molar-refractivity contribution in [3.63, 3.8) is 0 Å². The van der Waals surface area contributed by atoms with Crippen LogP contribution in [-0.2, 0) is 16.0 Å². The molecule has 1 amide bonds. The Morgan fingerprint density at radius 3 is 2.95 bits per heavy atom. The molecule has 2 aromatic heterocycles. The Hall–Kier alpha value is -2.22. The number of nitrogens with zero attached hydrogens (tertiary/aromatic N) is 5. The summed E-state index contributed by atoms with van der Waals surface area (Å²) in [5.74, 6) is 1.33. The number of nitrogens with one attached hydrogen (secondary N) is 1. The number of carbonyl (C=O) groups is 1. The van der Waals surface area contributed by atoms with Gasteiger partial charge in [-0.05, 0) is 13.3 Å². The summed E-state index contributed by atoms with van der Waals surface area (Å²) in [6.45, 7) is 6.36. The van der Waals surface area contributed by atoms with Gasteiger partial charge in [0.1, 0.15) is 18.2 Å². The van der Waals surface area contributed by atoms with E-state index in [0.717, 1.165) is 17.9 Å². The molecule has 1 fully saturated rings. The average molecular weight is 304 g/mol. The lowest BCUT2D eigenvalue weighted by Crippen LogP contribution is -2.47. The van der Waals surface area contributed by atoms with E-state index < -0.39 is 0 Å². The zero-order valence-corrected chi connectivity index (χ0v) is 12.8. The van der Waals surface area contributed by atoms with Gasteiger partial charge in [0.05, 0.1) is 13.2 Å². The van der Waals surface area contributed by atoms with E-state index in [9.17, 15) is 4.79 Å². The first-order chi connectivity index (χ1) is 10.7. The molecule has 1 aliphatic heterocycles. The van der Waals surface area contributed by atoms with Crippen LogP contribution in [0.25, 0.3) is 5.78 Å². The second-order valence-corrected chi connectivity index (χ2v) is 5.26. The molecule has 1 saturated heterocycles. The number of aryl methyl sites for hydroxylation is 1. The number of anilines is 1. The van der Waals surface area contributed by atoms with Crippen LogP contribution in [0.2, 0.25) is 0 Å². The third-order valence-corrected chi connectivity index (χ3v) is 3.72. The first-order valence-electron chi connectivity index (χ1n) is 7.51. The lowest BCUT2D eigenvalue weighted by atomic mass is 10.2. The van der Waals surface area contributed by atoms with E-state index >= 15 is 0 Å². The molecule has 3 heterocycles. The number of rotatable bonds is 4. The van der Waals surface area contributed by atoms with Gasteiger partial charge >= 0.3 is 0 Å². The monoisotopic (exact) mass is 304 g/mol. The molecule has 3 rings (SSSR count). The topological polar surface area (TPSA) is 84.7 Å². The minimum absolute atomic E-state index is 0.0615. The Bertz CT molecular complexity index is 664. The summed E-state index contributed by atoms with van der Waals surface area (Å²) >= 11 is 0. The highest BCUT2D eigenvalue weighted by Gasteiger charge is 2.23. The fourth-order valence-corrected chi connectivity index (χ4v) is 2.49. The Labute approximate surface area is 128 Å². The number of aromatic nitrogens is 4. The summed E-state index contributed by atoms with van der Waals surface area (Å²) in [6.07, 6.45) is 2.26. The number of carbonyl (C=O) groups excluding carboxylic acids is 1. The highest BCUT2D eigenvalue weighted by atomic mass is 16.5. The van der Waals surface area contributed by atoms with Crippen molar-refractivity contribution in [3.05, 3.63) is 18.1 Å². The van der Waals surface area contributed by atoms with Crippen molar-refractivity contribution in [2.45, 2.75) is 26.3 Å². The van der Waals surface area contributed by atoms with E-state index in [-0.39, 0.29) is 11.9 Å². The van der Waals surface area contributed by atoms with E-state index in [4.69, 9.17) is 4.74 Å². The van der Waals surface area contributed by atoms with Gasteiger partial charge in [-0.25, -0.2) is 4.98 Å². The van der Waals surface area contributed by atoms with Gasteiger partial charge in [0.15, 0.2) is 0 Å². The maximum Gasteiger partial charge on any atom is 0.254 e. The summed E-state index contributed by atoms with van der Waals surface area (Å²) in [4.78, 5) is 22.8. The van der Waals surface area contributed by atoms with Crippen molar-refractivity contribution in [3.8, 4) is 0 Å². The number of ether oxygens (including phenoxy) is 1. The Balaban J connectivity index is 1.79. The van der Waals surface area contributed by atoms with Crippen molar-refractivity contribution in [1.29, 1.82) is 0 Å². The van der Waals surface area contributed by atoms with Crippen LogP contribution in [0.5, 0.6) is 0 Å². The smallest absolute Gasteiger partial charge is 0.254 e. The van der Waals surface area contributed by atoms with E-state index in [1.807, 2.05) is 24.8 Å². The minimum Gasteiger partial charge on any atom is -0.378 e. The molecule has 1 atom stereocenters. The van der Waals surface area contributed by atoms with Crippen LogP contribution in [0.15, 0.2) is 12.4 Å². The van der Waals surface area contributed by atoms with Crippen molar-refractivity contribution < 1.29 is 9.53 Å². The number of morpholine rings is 1. The standard InChI is InChI=1S/C14H20N6O2/c1-3-11-8-12(20-14(18-11)15-9-16-20)17-10(2)13(21)19-4-6-22-7-5-19/h8-10,17H,3-7H2,1-2H3/t10-/m0/s1. The van der Waals surface area contributed by atoms with Crippen molar-refractivity contribution in [2.24, 2.45) is 0 Å². The van der Waals surface area contributed by atoms with Gasteiger partial charge in [0, 0.05) is 24.8 Å². The maximum absolute atomic E-state index is 12.5. The van der Waals surface area contributed by atoms with Crippen LogP contribution < -0.4 is 5.32 Å². The predicted octanol–water partition coefficient (Wildman–Crippen LogP) is 0.346. The average Bonchev–Trinajstić information content (AvgIpc) is 3.03. The van der Waals surface area contributed by atoms with Gasteiger partial charge in [0.25, 0.3) is 5.78 Å². The van der Waals surface area contributed by atoms with E-state index in [2.05, 4.69) is 20.4 Å². The molecular weight excluding hydrogens is 284 g/mol. The SMILES string of the molecule is CCc1cc(N[C@@H](C)C(=O)N2CCOCC2)n2ncnc2n1. The Morgan fingerprint density at radius 2 is 2.23 bits per heavy atom. The molecule has 0 aromatic carbocycles. The zero-order valence-electron chi connectivity index (χ0n) is 12.8. The molecule has 8 nitrogen and oxygen atoms in total. The summed E-state index contributed by atoms with van der Waals surface area (Å²) in [5.41, 5.74) is 0.911. The molecule has 2 aromatic rings. The fourth-order valence-electron chi connectivity index (χ4n) is 2.49. The molecule has 1 N–H and O–H groups in total. The quantitative estimate of drug-likeness (QED) is 0.877. The summed E-state index contributed by atoms with van der Waals surface area (Å²) in [6, 6.07) is 1.56. The predicted molar refractivity (Wildman–Crippen MR) is 80.6 cm³/mol. The summed E-state index contributed by atoms with van der Waals surface area (Å²) in [5, 5.41) is 7.39. The third-order valence-electron chi connectivity index (χ3n) is 3.72. The first-order valence-corrected chi connectivity index (χ1v) is 7.51. The zero-order chi connectivity index (χ0) is 15.5. The highest BCUT2D eigenvalue weighted by Crippen LogP contribution is 2.13. The largest absolute Gasteiger partial charge is 0.378 e. The van der Waals surface area contributed by atoms with Crippen LogP contribution in [0, 0.1) is 0 Å². The Kier molecular flexibility index (Phi) is 4.19. The summed E-state index contributed by atoms with van der Waals surface area (Å²) < 4.78 is 6.89. The number of fused-ring (bicyclic) bond motifs is 1. The lowest BCUT2D eigenvalue weighted by molar-refractivity contribution is -0.135. The van der Waals surface area contributed by atoms with Crippen molar-refractivity contribution in [2.75, 3.05) is 31.6 Å². The van der Waals surface area contributed by atoms with Crippen LogP contribution in [-0.4, -0.2) is 62.7 Å². The normalized spacial score (nSPS) is 16.7. The minimum atomic E-state index is -0.349. The maximum atomic E-state index is 12.5. The van der Waals surface area contributed by atoms with Crippen LogP contribution in [0.4, 0.5) is 5.82 Å². The van der Waals surface area contributed by atoms with Gasteiger partial charge in [-0.15, -0.1) is 0 Å². The highest BCUT2D eigenvalue weighted by molar-refractivity contribution is 5.84. The molecule has 0 bridgehead atoms. The molecule has 0 aliphatic carbocycles. The molecule has 0 unspecified atom stereocenters. The van der Waals surface area contributed by atoms with E-state index in [1.54, 1.807) is 4.52 Å². The third kappa shape index (κ3) is 2.87. The van der Waals surface area contributed by atoms with Crippen molar-refractivity contribution >= 4 is 17.5 Å². The molecule has 1 aliphatic rings.